The molecule has 1 rings (SSSR count). The lowest BCUT2D eigenvalue weighted by molar-refractivity contribution is -0.109. The van der Waals surface area contributed by atoms with E-state index in [1.54, 1.807) is 6.92 Å². The van der Waals surface area contributed by atoms with Crippen molar-refractivity contribution in [1.29, 1.82) is 0 Å². The fourth-order valence-electron chi connectivity index (χ4n) is 5.18. The van der Waals surface area contributed by atoms with Gasteiger partial charge in [0.05, 0.1) is 0 Å². The van der Waals surface area contributed by atoms with Gasteiger partial charge in [-0.2, -0.15) is 0 Å². The van der Waals surface area contributed by atoms with Crippen molar-refractivity contribution in [3.63, 3.8) is 0 Å². The van der Waals surface area contributed by atoms with E-state index in [0.29, 0.717) is 12.5 Å². The quantitative estimate of drug-likeness (QED) is 0.0866. The molecule has 1 saturated heterocycles. The van der Waals surface area contributed by atoms with E-state index in [-0.39, 0.29) is 5.12 Å². The highest BCUT2D eigenvalue weighted by molar-refractivity contribution is 8.13. The van der Waals surface area contributed by atoms with Gasteiger partial charge < -0.3 is 8.85 Å². The molecular weight excluding hydrogens is 510 g/mol. The van der Waals surface area contributed by atoms with E-state index in [1.165, 1.54) is 127 Å². The number of hydrogen-bond acceptors (Lipinski definition) is 6. The molecule has 2 atom stereocenters. The molecule has 0 radical (unpaired) electrons. The van der Waals surface area contributed by atoms with Crippen LogP contribution in [0, 0.1) is 5.92 Å². The Bertz CT molecular complexity index is 530. The van der Waals surface area contributed by atoms with Gasteiger partial charge in [0.1, 0.15) is 0 Å². The van der Waals surface area contributed by atoms with Crippen LogP contribution in [0.3, 0.4) is 0 Å². The molecule has 0 amide bonds. The topological polar surface area (TPSA) is 56.8 Å². The standard InChI is InChI=1S/C31H63NO4SSi/c1-4-6-8-10-12-14-15-16-18-20-23-31-24-26-35-38(36-32-29-31,28-22-27-37-30(3)33)34-25-21-19-17-13-11-9-7-5-2/h31-32H,4-29H2,1-3H3. The molecule has 226 valence electrons. The number of carbonyl (C=O) groups excluding carboxylic acids is 1. The van der Waals surface area contributed by atoms with Crippen LogP contribution in [0.5, 0.6) is 0 Å². The summed E-state index contributed by atoms with van der Waals surface area (Å²) in [5.41, 5.74) is 3.28. The number of carbonyl (C=O) groups is 1. The molecule has 1 fully saturated rings. The van der Waals surface area contributed by atoms with Crippen molar-refractivity contribution in [3.8, 4) is 0 Å². The van der Waals surface area contributed by atoms with Crippen LogP contribution in [-0.4, -0.2) is 39.4 Å². The molecule has 1 heterocycles. The van der Waals surface area contributed by atoms with Gasteiger partial charge in [0.15, 0.2) is 5.12 Å². The summed E-state index contributed by atoms with van der Waals surface area (Å²) in [4.78, 5) is 11.3. The minimum atomic E-state index is -2.75. The summed E-state index contributed by atoms with van der Waals surface area (Å²) < 4.78 is 19.0. The molecule has 1 N–H and O–H groups in total. The second-order valence-corrected chi connectivity index (χ2v) is 15.3. The van der Waals surface area contributed by atoms with Crippen molar-refractivity contribution in [3.05, 3.63) is 0 Å². The van der Waals surface area contributed by atoms with Crippen molar-refractivity contribution in [2.24, 2.45) is 5.92 Å². The zero-order chi connectivity index (χ0) is 27.6. The van der Waals surface area contributed by atoms with E-state index in [4.69, 9.17) is 13.4 Å². The summed E-state index contributed by atoms with van der Waals surface area (Å²) in [6.45, 7) is 8.52. The molecule has 0 aliphatic carbocycles. The molecule has 1 aliphatic heterocycles. The maximum absolute atomic E-state index is 11.3. The molecule has 0 aromatic carbocycles. The van der Waals surface area contributed by atoms with E-state index in [2.05, 4.69) is 19.3 Å². The first kappa shape index (κ1) is 36.1. The maximum atomic E-state index is 11.3. The predicted octanol–water partition coefficient (Wildman–Crippen LogP) is 9.62. The average molecular weight is 574 g/mol. The van der Waals surface area contributed by atoms with Crippen LogP contribution in [0.2, 0.25) is 6.04 Å². The molecule has 38 heavy (non-hydrogen) atoms. The molecule has 7 heteroatoms. The van der Waals surface area contributed by atoms with Crippen LogP contribution < -0.4 is 5.48 Å². The van der Waals surface area contributed by atoms with E-state index in [9.17, 15) is 4.79 Å². The molecule has 0 spiro atoms. The van der Waals surface area contributed by atoms with Crippen molar-refractivity contribution < 1.29 is 18.2 Å². The van der Waals surface area contributed by atoms with E-state index in [0.717, 1.165) is 44.2 Å². The lowest BCUT2D eigenvalue weighted by atomic mass is 9.97. The summed E-state index contributed by atoms with van der Waals surface area (Å²) >= 11 is 1.39. The van der Waals surface area contributed by atoms with Gasteiger partial charge in [-0.3, -0.25) is 9.32 Å². The molecule has 2 unspecified atom stereocenters. The van der Waals surface area contributed by atoms with Gasteiger partial charge in [-0.25, -0.2) is 5.48 Å². The van der Waals surface area contributed by atoms with Crippen molar-refractivity contribution in [1.82, 2.24) is 5.48 Å². The Labute approximate surface area is 242 Å². The van der Waals surface area contributed by atoms with Crippen LogP contribution in [0.15, 0.2) is 0 Å². The molecule has 1 aliphatic rings. The predicted molar refractivity (Wildman–Crippen MR) is 166 cm³/mol. The van der Waals surface area contributed by atoms with Crippen molar-refractivity contribution in [2.45, 2.75) is 162 Å². The van der Waals surface area contributed by atoms with E-state index in [1.807, 2.05) is 0 Å². The summed E-state index contributed by atoms with van der Waals surface area (Å²) in [7, 11) is -2.75. The highest BCUT2D eigenvalue weighted by atomic mass is 32.2. The minimum Gasteiger partial charge on any atom is -0.373 e. The van der Waals surface area contributed by atoms with Gasteiger partial charge in [0.2, 0.25) is 0 Å². The minimum absolute atomic E-state index is 0.174. The zero-order valence-corrected chi connectivity index (χ0v) is 27.3. The number of rotatable bonds is 25. The lowest BCUT2D eigenvalue weighted by Crippen LogP contribution is -2.52. The Morgan fingerprint density at radius 2 is 1.37 bits per heavy atom. The van der Waals surface area contributed by atoms with Crippen molar-refractivity contribution >= 4 is 25.7 Å². The fraction of sp³-hybridized carbons (Fsp3) is 0.968. The Kier molecular flexibility index (Phi) is 24.7. The number of nitrogens with one attached hydrogen (secondary N) is 1. The smallest absolute Gasteiger partial charge is 0.373 e. The first-order valence-electron chi connectivity index (χ1n) is 16.4. The molecule has 0 aromatic heterocycles. The Morgan fingerprint density at radius 3 is 1.95 bits per heavy atom. The van der Waals surface area contributed by atoms with E-state index < -0.39 is 8.80 Å². The molecular formula is C31H63NO4SSi. The number of hydrogen-bond donors (Lipinski definition) is 1. The SMILES string of the molecule is CCCCCCCCCCCCC1CCO[Si](CCCSC(C)=O)(OCCCCCCCCCC)ONC1. The van der Waals surface area contributed by atoms with Crippen molar-refractivity contribution in [2.75, 3.05) is 25.5 Å². The summed E-state index contributed by atoms with van der Waals surface area (Å²) in [6.07, 6.45) is 27.3. The van der Waals surface area contributed by atoms with Gasteiger partial charge in [0, 0.05) is 38.5 Å². The van der Waals surface area contributed by atoms with Crippen LogP contribution in [0.4, 0.5) is 0 Å². The second-order valence-electron chi connectivity index (χ2n) is 11.4. The van der Waals surface area contributed by atoms with Crippen LogP contribution in [0.1, 0.15) is 156 Å². The Balaban J connectivity index is 2.28. The number of unbranched alkanes of at least 4 members (excludes halogenated alkanes) is 16. The zero-order valence-electron chi connectivity index (χ0n) is 25.5. The number of thioether (sulfide) groups is 1. The fourth-order valence-corrected chi connectivity index (χ4v) is 8.41. The first-order valence-corrected chi connectivity index (χ1v) is 19.4. The third-order valence-corrected chi connectivity index (χ3v) is 11.3. The highest BCUT2D eigenvalue weighted by Gasteiger charge is 2.42. The van der Waals surface area contributed by atoms with Gasteiger partial charge in [-0.05, 0) is 31.6 Å². The van der Waals surface area contributed by atoms with E-state index >= 15 is 0 Å². The largest absolute Gasteiger partial charge is 0.517 e. The second kappa shape index (κ2) is 26.0. The van der Waals surface area contributed by atoms with Crippen LogP contribution in [0.25, 0.3) is 0 Å². The maximum Gasteiger partial charge on any atom is 0.517 e. The lowest BCUT2D eigenvalue weighted by Gasteiger charge is -2.33. The highest BCUT2D eigenvalue weighted by Crippen LogP contribution is 2.24. The Morgan fingerprint density at radius 1 is 0.816 bits per heavy atom. The van der Waals surface area contributed by atoms with Gasteiger partial charge in [0.25, 0.3) is 0 Å². The monoisotopic (exact) mass is 573 g/mol. The Hall–Kier alpha value is 0.0769. The van der Waals surface area contributed by atoms with Gasteiger partial charge in [-0.1, -0.05) is 135 Å². The molecule has 0 bridgehead atoms. The number of hydroxylamine groups is 1. The summed E-state index contributed by atoms with van der Waals surface area (Å²) in [5, 5.41) is 0.174. The third-order valence-electron chi connectivity index (χ3n) is 7.67. The summed E-state index contributed by atoms with van der Waals surface area (Å²) in [6, 6.07) is 0.778. The first-order chi connectivity index (χ1) is 18.6. The molecule has 0 aromatic rings. The third kappa shape index (κ3) is 20.9. The average Bonchev–Trinajstić information content (AvgIpc) is 2.89. The van der Waals surface area contributed by atoms with Gasteiger partial charge in [-0.15, -0.1) is 0 Å². The normalized spacial score (nSPS) is 20.3. The molecule has 5 nitrogen and oxygen atoms in total. The van der Waals surface area contributed by atoms with Crippen LogP contribution >= 0.6 is 11.8 Å². The molecule has 0 saturated carbocycles. The van der Waals surface area contributed by atoms with Crippen LogP contribution in [-0.2, 0) is 18.2 Å². The summed E-state index contributed by atoms with van der Waals surface area (Å²) in [5.74, 6) is 1.41. The van der Waals surface area contributed by atoms with Gasteiger partial charge >= 0.3 is 8.80 Å².